The second-order valence-electron chi connectivity index (χ2n) is 7.93. The molecule has 2 heterocycles. The number of amides is 2. The summed E-state index contributed by atoms with van der Waals surface area (Å²) in [6.45, 7) is -0.822. The number of halogens is 2. The first-order valence-corrected chi connectivity index (χ1v) is 12.3. The van der Waals surface area contributed by atoms with E-state index in [9.17, 15) is 18.4 Å². The summed E-state index contributed by atoms with van der Waals surface area (Å²) >= 11 is 1.15. The van der Waals surface area contributed by atoms with Crippen molar-refractivity contribution in [3.05, 3.63) is 83.7 Å². The Balaban J connectivity index is 1.52. The third-order valence-corrected chi connectivity index (χ3v) is 6.73. The summed E-state index contributed by atoms with van der Waals surface area (Å²) in [6.07, 6.45) is 2.19. The Hall–Kier alpha value is -3.99. The van der Waals surface area contributed by atoms with Gasteiger partial charge in [-0.25, -0.2) is 5.01 Å². The maximum absolute atomic E-state index is 12.8. The minimum atomic E-state index is -2.98. The second kappa shape index (κ2) is 11.8. The quantitative estimate of drug-likeness (QED) is 0.379. The Morgan fingerprint density at radius 1 is 1.14 bits per heavy atom. The number of carbonyl (C=O) groups excluding carboxylic acids is 2. The van der Waals surface area contributed by atoms with Crippen LogP contribution in [0.2, 0.25) is 0 Å². The van der Waals surface area contributed by atoms with E-state index in [1.807, 2.05) is 6.92 Å². The van der Waals surface area contributed by atoms with E-state index in [1.54, 1.807) is 60.8 Å². The Kier molecular flexibility index (Phi) is 8.34. The highest BCUT2D eigenvalue weighted by Crippen LogP contribution is 2.34. The minimum Gasteiger partial charge on any atom is -0.493 e. The highest BCUT2D eigenvalue weighted by molar-refractivity contribution is 8.14. The molecule has 0 saturated heterocycles. The summed E-state index contributed by atoms with van der Waals surface area (Å²) in [5.41, 5.74) is 2.98. The number of hydrogen-bond donors (Lipinski definition) is 1. The summed E-state index contributed by atoms with van der Waals surface area (Å²) in [7, 11) is 1.37. The SMILES string of the molecule is CCC1SC(=O)N(Cc2ccc(NC(=O)c3ccccn3)cc2)N=C1c1ccc(OC(F)F)c(OC)c1. The smallest absolute Gasteiger partial charge is 0.387 e. The third-order valence-electron chi connectivity index (χ3n) is 5.48. The standard InChI is InChI=1S/C26H24F2N4O4S/c1-3-22-23(17-9-12-20(36-25(27)28)21(14-17)35-2)31-32(26(34)37-22)15-16-7-10-18(11-8-16)30-24(33)19-6-4-5-13-29-19/h4-14,22,25H,3,15H2,1-2H3,(H,30,33). The first-order valence-electron chi connectivity index (χ1n) is 11.4. The summed E-state index contributed by atoms with van der Waals surface area (Å²) < 4.78 is 35.1. The fraction of sp³-hybridized carbons (Fsp3) is 0.231. The van der Waals surface area contributed by atoms with Crippen molar-refractivity contribution < 1.29 is 27.8 Å². The molecule has 0 saturated carbocycles. The molecule has 3 aromatic rings. The number of hydrogen-bond acceptors (Lipinski definition) is 7. The van der Waals surface area contributed by atoms with Gasteiger partial charge in [0.2, 0.25) is 0 Å². The van der Waals surface area contributed by atoms with Crippen molar-refractivity contribution in [1.82, 2.24) is 9.99 Å². The Labute approximate surface area is 216 Å². The van der Waals surface area contributed by atoms with Crippen LogP contribution in [-0.2, 0) is 6.54 Å². The molecule has 8 nitrogen and oxygen atoms in total. The number of methoxy groups -OCH3 is 1. The average Bonchev–Trinajstić information content (AvgIpc) is 2.91. The molecule has 37 heavy (non-hydrogen) atoms. The molecule has 1 N–H and O–H groups in total. The van der Waals surface area contributed by atoms with Crippen LogP contribution in [0.1, 0.15) is 35.0 Å². The number of nitrogens with one attached hydrogen (secondary N) is 1. The zero-order valence-electron chi connectivity index (χ0n) is 20.1. The molecule has 0 radical (unpaired) electrons. The van der Waals surface area contributed by atoms with E-state index in [2.05, 4.69) is 20.1 Å². The van der Waals surface area contributed by atoms with E-state index in [1.165, 1.54) is 18.2 Å². The van der Waals surface area contributed by atoms with Gasteiger partial charge in [-0.15, -0.1) is 0 Å². The molecule has 2 amide bonds. The van der Waals surface area contributed by atoms with E-state index in [0.717, 1.165) is 17.3 Å². The molecular weight excluding hydrogens is 502 g/mol. The minimum absolute atomic E-state index is 0.0819. The molecule has 192 valence electrons. The summed E-state index contributed by atoms with van der Waals surface area (Å²) in [4.78, 5) is 29.1. The van der Waals surface area contributed by atoms with E-state index in [-0.39, 0.29) is 34.4 Å². The van der Waals surface area contributed by atoms with Crippen LogP contribution in [0.4, 0.5) is 19.3 Å². The Bertz CT molecular complexity index is 1290. The van der Waals surface area contributed by atoms with Gasteiger partial charge in [0, 0.05) is 17.4 Å². The van der Waals surface area contributed by atoms with Gasteiger partial charge in [0.05, 0.1) is 24.6 Å². The Morgan fingerprint density at radius 3 is 2.57 bits per heavy atom. The van der Waals surface area contributed by atoms with Crippen molar-refractivity contribution in [3.8, 4) is 11.5 Å². The van der Waals surface area contributed by atoms with Crippen molar-refractivity contribution in [1.29, 1.82) is 0 Å². The van der Waals surface area contributed by atoms with E-state index >= 15 is 0 Å². The van der Waals surface area contributed by atoms with Crippen molar-refractivity contribution in [2.75, 3.05) is 12.4 Å². The maximum Gasteiger partial charge on any atom is 0.387 e. The van der Waals surface area contributed by atoms with Crippen LogP contribution in [-0.4, -0.2) is 45.8 Å². The number of hydrazone groups is 1. The van der Waals surface area contributed by atoms with Crippen LogP contribution in [0.25, 0.3) is 0 Å². The topological polar surface area (TPSA) is 93.1 Å². The van der Waals surface area contributed by atoms with Crippen LogP contribution in [0.3, 0.4) is 0 Å². The molecule has 0 fully saturated rings. The van der Waals surface area contributed by atoms with Crippen molar-refractivity contribution in [2.24, 2.45) is 5.10 Å². The van der Waals surface area contributed by atoms with Gasteiger partial charge in [0.25, 0.3) is 5.91 Å². The molecule has 0 spiro atoms. The van der Waals surface area contributed by atoms with E-state index in [4.69, 9.17) is 4.74 Å². The lowest BCUT2D eigenvalue weighted by Crippen LogP contribution is -2.34. The van der Waals surface area contributed by atoms with Gasteiger partial charge in [-0.1, -0.05) is 36.9 Å². The molecule has 1 aromatic heterocycles. The first-order chi connectivity index (χ1) is 17.9. The van der Waals surface area contributed by atoms with Crippen LogP contribution in [0, 0.1) is 0 Å². The normalized spacial score (nSPS) is 15.4. The fourth-order valence-corrected chi connectivity index (χ4v) is 4.60. The molecule has 4 rings (SSSR count). The second-order valence-corrected chi connectivity index (χ2v) is 9.09. The largest absolute Gasteiger partial charge is 0.493 e. The number of anilines is 1. The zero-order valence-corrected chi connectivity index (χ0v) is 20.9. The molecule has 0 aliphatic carbocycles. The number of aromatic nitrogens is 1. The first kappa shape index (κ1) is 26.1. The number of rotatable bonds is 9. The molecule has 11 heteroatoms. The van der Waals surface area contributed by atoms with Crippen LogP contribution < -0.4 is 14.8 Å². The fourth-order valence-electron chi connectivity index (χ4n) is 3.67. The average molecular weight is 527 g/mol. The highest BCUT2D eigenvalue weighted by atomic mass is 32.2. The lowest BCUT2D eigenvalue weighted by Gasteiger charge is -2.28. The molecule has 0 bridgehead atoms. The number of alkyl halides is 2. The van der Waals surface area contributed by atoms with Crippen LogP contribution >= 0.6 is 11.8 Å². The van der Waals surface area contributed by atoms with Crippen molar-refractivity contribution in [3.63, 3.8) is 0 Å². The number of thioether (sulfide) groups is 1. The lowest BCUT2D eigenvalue weighted by atomic mass is 10.0. The van der Waals surface area contributed by atoms with Gasteiger partial charge in [-0.2, -0.15) is 13.9 Å². The van der Waals surface area contributed by atoms with Gasteiger partial charge in [0.1, 0.15) is 5.69 Å². The van der Waals surface area contributed by atoms with Crippen molar-refractivity contribution >= 4 is 34.3 Å². The highest BCUT2D eigenvalue weighted by Gasteiger charge is 2.30. The molecule has 1 unspecified atom stereocenters. The van der Waals surface area contributed by atoms with E-state index < -0.39 is 6.61 Å². The van der Waals surface area contributed by atoms with Crippen LogP contribution in [0.5, 0.6) is 11.5 Å². The lowest BCUT2D eigenvalue weighted by molar-refractivity contribution is -0.0512. The van der Waals surface area contributed by atoms with Gasteiger partial charge in [-0.05, 0) is 54.4 Å². The van der Waals surface area contributed by atoms with Gasteiger partial charge in [-0.3, -0.25) is 14.6 Å². The predicted octanol–water partition coefficient (Wildman–Crippen LogP) is 5.80. The molecule has 1 atom stereocenters. The number of pyridine rings is 1. The molecular formula is C26H24F2N4O4S. The number of ether oxygens (including phenoxy) is 2. The number of nitrogens with zero attached hydrogens (tertiary/aromatic N) is 3. The summed E-state index contributed by atoms with van der Waals surface area (Å²) in [6, 6.07) is 16.8. The number of carbonyl (C=O) groups is 2. The third kappa shape index (κ3) is 6.42. The number of benzene rings is 2. The molecule has 2 aromatic carbocycles. The van der Waals surface area contributed by atoms with Gasteiger partial charge in [0.15, 0.2) is 11.5 Å². The molecule has 1 aliphatic rings. The maximum atomic E-state index is 12.8. The van der Waals surface area contributed by atoms with Crippen molar-refractivity contribution in [2.45, 2.75) is 31.8 Å². The van der Waals surface area contributed by atoms with Gasteiger partial charge < -0.3 is 14.8 Å². The van der Waals surface area contributed by atoms with Gasteiger partial charge >= 0.3 is 11.9 Å². The molecule has 1 aliphatic heterocycles. The predicted molar refractivity (Wildman–Crippen MR) is 137 cm³/mol. The van der Waals surface area contributed by atoms with Crippen LogP contribution in [0.15, 0.2) is 72.0 Å². The Morgan fingerprint density at radius 2 is 1.92 bits per heavy atom. The summed E-state index contributed by atoms with van der Waals surface area (Å²) in [5.74, 6) is -0.259. The zero-order chi connectivity index (χ0) is 26.4. The monoisotopic (exact) mass is 526 g/mol. The summed E-state index contributed by atoms with van der Waals surface area (Å²) in [5, 5.41) is 8.35. The van der Waals surface area contributed by atoms with E-state index in [0.29, 0.717) is 29.1 Å².